The van der Waals surface area contributed by atoms with Crippen LogP contribution in [0.3, 0.4) is 0 Å². The number of nitrogens with zero attached hydrogens (tertiary/aromatic N) is 2. The minimum absolute atomic E-state index is 0.922. The average molecular weight is 459 g/mol. The van der Waals surface area contributed by atoms with Crippen LogP contribution in [0.15, 0.2) is 114 Å². The molecule has 0 radical (unpaired) electrons. The Morgan fingerprint density at radius 2 is 1.25 bits per heavy atom. The molecular formula is C33H18N2O. The second-order valence-electron chi connectivity index (χ2n) is 9.56. The molecule has 0 spiro atoms. The third kappa shape index (κ3) is 2.16. The first kappa shape index (κ1) is 18.4. The van der Waals surface area contributed by atoms with Gasteiger partial charge in [0, 0.05) is 32.5 Å². The van der Waals surface area contributed by atoms with Crippen LogP contribution in [0.4, 0.5) is 0 Å². The normalized spacial score (nSPS) is 12.4. The Morgan fingerprint density at radius 1 is 0.500 bits per heavy atom. The van der Waals surface area contributed by atoms with Crippen LogP contribution in [-0.2, 0) is 0 Å². The zero-order chi connectivity index (χ0) is 23.4. The van der Waals surface area contributed by atoms with E-state index in [4.69, 9.17) is 9.40 Å². The second kappa shape index (κ2) is 6.41. The van der Waals surface area contributed by atoms with Gasteiger partial charge in [-0.15, -0.1) is 0 Å². The minimum atomic E-state index is 0.922. The van der Waals surface area contributed by atoms with Gasteiger partial charge >= 0.3 is 0 Å². The van der Waals surface area contributed by atoms with E-state index in [1.54, 1.807) is 0 Å². The lowest BCUT2D eigenvalue weighted by Gasteiger charge is -2.11. The molecule has 0 N–H and O–H groups in total. The van der Waals surface area contributed by atoms with E-state index in [1.807, 2.05) is 6.07 Å². The first-order valence-corrected chi connectivity index (χ1v) is 12.2. The number of hydrogen-bond acceptors (Lipinski definition) is 2. The maximum atomic E-state index is 6.35. The number of furan rings is 1. The third-order valence-electron chi connectivity index (χ3n) is 7.72. The Balaban J connectivity index is 1.51. The highest BCUT2D eigenvalue weighted by molar-refractivity contribution is 6.37. The van der Waals surface area contributed by atoms with Gasteiger partial charge in [-0.1, -0.05) is 72.8 Å². The smallest absolute Gasteiger partial charge is 0.138 e. The number of rotatable bonds is 2. The average Bonchev–Trinajstić information content (AvgIpc) is 3.45. The summed E-state index contributed by atoms with van der Waals surface area (Å²) in [4.78, 5) is 5.15. The molecule has 3 heterocycles. The lowest BCUT2D eigenvalue weighted by Crippen LogP contribution is -1.98. The fraction of sp³-hybridized carbons (Fsp3) is 0. The molecule has 0 fully saturated rings. The summed E-state index contributed by atoms with van der Waals surface area (Å²) >= 11 is 0. The summed E-state index contributed by atoms with van der Waals surface area (Å²) in [6.07, 6.45) is 0. The van der Waals surface area contributed by atoms with Crippen molar-refractivity contribution in [2.75, 3.05) is 0 Å². The lowest BCUT2D eigenvalue weighted by molar-refractivity contribution is 0.669. The van der Waals surface area contributed by atoms with E-state index in [-0.39, 0.29) is 0 Å². The van der Waals surface area contributed by atoms with Crippen LogP contribution in [-0.4, -0.2) is 9.55 Å². The Bertz CT molecular complexity index is 2200. The molecule has 0 bridgehead atoms. The van der Waals surface area contributed by atoms with Gasteiger partial charge in [0.1, 0.15) is 17.0 Å². The van der Waals surface area contributed by atoms with Crippen molar-refractivity contribution in [3.8, 4) is 28.2 Å². The van der Waals surface area contributed by atoms with Gasteiger partial charge in [0.25, 0.3) is 0 Å². The summed E-state index contributed by atoms with van der Waals surface area (Å²) in [5.74, 6) is 0.922. The molecule has 166 valence electrons. The maximum absolute atomic E-state index is 6.35. The number of benzene rings is 5. The summed E-state index contributed by atoms with van der Waals surface area (Å²) in [5, 5.41) is 7.48. The molecule has 36 heavy (non-hydrogen) atoms. The second-order valence-corrected chi connectivity index (χ2v) is 9.56. The summed E-state index contributed by atoms with van der Waals surface area (Å²) < 4.78 is 8.68. The SMILES string of the molecule is c1ccc(-c2cccc(-n3c4cccc5c4c4c6c(ccc7oc8cccc-5c8c76)ccc43)n2)cc1. The molecule has 1 aliphatic rings. The predicted octanol–water partition coefficient (Wildman–Crippen LogP) is 8.88. The fourth-order valence-electron chi connectivity index (χ4n) is 6.29. The molecule has 0 amide bonds. The molecule has 3 aromatic heterocycles. The van der Waals surface area contributed by atoms with Gasteiger partial charge < -0.3 is 4.42 Å². The zero-order valence-electron chi connectivity index (χ0n) is 19.2. The molecule has 8 aromatic rings. The molecule has 9 rings (SSSR count). The van der Waals surface area contributed by atoms with E-state index < -0.39 is 0 Å². The Morgan fingerprint density at radius 3 is 2.17 bits per heavy atom. The van der Waals surface area contributed by atoms with Crippen LogP contribution in [0.2, 0.25) is 0 Å². The van der Waals surface area contributed by atoms with Crippen molar-refractivity contribution < 1.29 is 4.42 Å². The molecule has 0 saturated heterocycles. The van der Waals surface area contributed by atoms with Crippen LogP contribution in [0.25, 0.3) is 82.7 Å². The van der Waals surface area contributed by atoms with Crippen LogP contribution >= 0.6 is 0 Å². The van der Waals surface area contributed by atoms with E-state index >= 15 is 0 Å². The van der Waals surface area contributed by atoms with E-state index in [0.29, 0.717) is 0 Å². The summed E-state index contributed by atoms with van der Waals surface area (Å²) in [7, 11) is 0. The molecule has 0 aliphatic heterocycles. The minimum Gasteiger partial charge on any atom is -0.456 e. The number of aromatic nitrogens is 2. The Hall–Kier alpha value is -4.89. The van der Waals surface area contributed by atoms with E-state index in [0.717, 1.165) is 33.8 Å². The number of pyridine rings is 1. The monoisotopic (exact) mass is 458 g/mol. The Labute approximate surface area is 205 Å². The van der Waals surface area contributed by atoms with Gasteiger partial charge in [-0.25, -0.2) is 4.98 Å². The number of hydrogen-bond donors (Lipinski definition) is 0. The van der Waals surface area contributed by atoms with Crippen molar-refractivity contribution in [3.05, 3.63) is 109 Å². The van der Waals surface area contributed by atoms with Crippen molar-refractivity contribution >= 4 is 54.5 Å². The highest BCUT2D eigenvalue weighted by atomic mass is 16.3. The third-order valence-corrected chi connectivity index (χ3v) is 7.72. The Kier molecular flexibility index (Phi) is 3.28. The highest BCUT2D eigenvalue weighted by Gasteiger charge is 2.26. The van der Waals surface area contributed by atoms with Gasteiger partial charge in [-0.05, 0) is 52.9 Å². The standard InChI is InChI=1S/C33H18N2O/c1-2-7-19(8-3-1)23-11-6-14-28(34-23)35-24-12-4-9-21-22-10-5-13-26-31(22)33-27(36-26)18-16-20-15-17-25(35)32(29(20)33)30(21)24/h1-18H. The number of fused-ring (bicyclic) bond motifs is 1. The molecule has 5 aromatic carbocycles. The highest BCUT2D eigenvalue weighted by Crippen LogP contribution is 2.50. The lowest BCUT2D eigenvalue weighted by atomic mass is 9.98. The fourth-order valence-corrected chi connectivity index (χ4v) is 6.29. The molecular weight excluding hydrogens is 440 g/mol. The van der Waals surface area contributed by atoms with E-state index in [1.165, 1.54) is 49.0 Å². The van der Waals surface area contributed by atoms with Gasteiger partial charge in [-0.2, -0.15) is 0 Å². The van der Waals surface area contributed by atoms with Gasteiger partial charge in [0.2, 0.25) is 0 Å². The van der Waals surface area contributed by atoms with Crippen molar-refractivity contribution in [1.29, 1.82) is 0 Å². The summed E-state index contributed by atoms with van der Waals surface area (Å²) in [6, 6.07) is 38.5. The first-order valence-electron chi connectivity index (χ1n) is 12.2. The van der Waals surface area contributed by atoms with Gasteiger partial charge in [0.15, 0.2) is 0 Å². The van der Waals surface area contributed by atoms with Crippen molar-refractivity contribution in [2.45, 2.75) is 0 Å². The summed E-state index contributed by atoms with van der Waals surface area (Å²) in [5.41, 5.74) is 8.77. The van der Waals surface area contributed by atoms with Crippen LogP contribution in [0.1, 0.15) is 0 Å². The first-order chi connectivity index (χ1) is 17.9. The van der Waals surface area contributed by atoms with Gasteiger partial charge in [-0.3, -0.25) is 4.57 Å². The molecule has 1 aliphatic carbocycles. The van der Waals surface area contributed by atoms with E-state index in [9.17, 15) is 0 Å². The van der Waals surface area contributed by atoms with Crippen molar-refractivity contribution in [1.82, 2.24) is 9.55 Å². The molecule has 0 unspecified atom stereocenters. The van der Waals surface area contributed by atoms with Gasteiger partial charge in [0.05, 0.1) is 16.7 Å². The van der Waals surface area contributed by atoms with Crippen molar-refractivity contribution in [3.63, 3.8) is 0 Å². The molecule has 0 atom stereocenters. The summed E-state index contributed by atoms with van der Waals surface area (Å²) in [6.45, 7) is 0. The van der Waals surface area contributed by atoms with Crippen LogP contribution in [0.5, 0.6) is 0 Å². The largest absolute Gasteiger partial charge is 0.456 e. The molecule has 0 saturated carbocycles. The zero-order valence-corrected chi connectivity index (χ0v) is 19.2. The van der Waals surface area contributed by atoms with Crippen LogP contribution < -0.4 is 0 Å². The topological polar surface area (TPSA) is 31.0 Å². The predicted molar refractivity (Wildman–Crippen MR) is 148 cm³/mol. The molecule has 3 heteroatoms. The molecule has 3 nitrogen and oxygen atoms in total. The van der Waals surface area contributed by atoms with Crippen molar-refractivity contribution in [2.24, 2.45) is 0 Å². The maximum Gasteiger partial charge on any atom is 0.138 e. The van der Waals surface area contributed by atoms with Crippen LogP contribution in [0, 0.1) is 0 Å². The quantitative estimate of drug-likeness (QED) is 0.259. The van der Waals surface area contributed by atoms with E-state index in [2.05, 4.69) is 108 Å².